The number of aliphatic carboxylic acids is 1. The number of benzene rings is 1. The Hall–Kier alpha value is -1.00. The lowest BCUT2D eigenvalue weighted by Gasteiger charge is -2.17. The van der Waals surface area contributed by atoms with Crippen molar-refractivity contribution in [2.45, 2.75) is 36.5 Å². The zero-order valence-electron chi connectivity index (χ0n) is 11.3. The number of ketones is 1. The Balaban J connectivity index is 2.18. The molecule has 2 unspecified atom stereocenters. The second kappa shape index (κ2) is 6.64. The molecule has 0 saturated heterocycles. The van der Waals surface area contributed by atoms with Gasteiger partial charge in [-0.1, -0.05) is 17.7 Å². The normalized spacial score (nSPS) is 20.1. The summed E-state index contributed by atoms with van der Waals surface area (Å²) in [5, 5.41) is 10.0. The van der Waals surface area contributed by atoms with E-state index in [1.807, 2.05) is 18.4 Å². The van der Waals surface area contributed by atoms with Gasteiger partial charge in [-0.15, -0.1) is 11.8 Å². The minimum atomic E-state index is -0.850. The topological polar surface area (TPSA) is 54.4 Å². The fourth-order valence-electron chi connectivity index (χ4n) is 2.70. The van der Waals surface area contributed by atoms with Crippen LogP contribution in [0.2, 0.25) is 5.02 Å². The van der Waals surface area contributed by atoms with E-state index in [0.717, 1.165) is 16.9 Å². The van der Waals surface area contributed by atoms with Gasteiger partial charge in [0.1, 0.15) is 5.78 Å². The van der Waals surface area contributed by atoms with E-state index in [9.17, 15) is 14.7 Å². The first-order chi connectivity index (χ1) is 9.51. The van der Waals surface area contributed by atoms with Gasteiger partial charge in [-0.3, -0.25) is 9.59 Å². The molecule has 1 aromatic carbocycles. The van der Waals surface area contributed by atoms with Crippen LogP contribution >= 0.6 is 23.4 Å². The molecule has 0 spiro atoms. The lowest BCUT2D eigenvalue weighted by molar-refractivity contribution is -0.139. The fourth-order valence-corrected chi connectivity index (χ4v) is 3.58. The van der Waals surface area contributed by atoms with E-state index >= 15 is 0 Å². The number of carbonyl (C=O) groups is 2. The number of hydrogen-bond donors (Lipinski definition) is 1. The number of Topliss-reactive ketones (excluding diaryl/α,β-unsaturated/α-hetero) is 1. The molecule has 2 atom stereocenters. The summed E-state index contributed by atoms with van der Waals surface area (Å²) in [4.78, 5) is 23.7. The second-order valence-electron chi connectivity index (χ2n) is 5.17. The Labute approximate surface area is 127 Å². The Bertz CT molecular complexity index is 530. The maximum atomic E-state index is 11.5. The summed E-state index contributed by atoms with van der Waals surface area (Å²) in [5.74, 6) is -1.01. The van der Waals surface area contributed by atoms with Gasteiger partial charge in [-0.2, -0.15) is 0 Å². The summed E-state index contributed by atoms with van der Waals surface area (Å²) in [6, 6.07) is 5.42. The van der Waals surface area contributed by atoms with E-state index in [1.54, 1.807) is 6.07 Å². The molecule has 0 radical (unpaired) electrons. The average molecular weight is 313 g/mol. The van der Waals surface area contributed by atoms with Crippen LogP contribution in [0.1, 0.15) is 37.2 Å². The summed E-state index contributed by atoms with van der Waals surface area (Å²) in [6.07, 6.45) is 4.35. The highest BCUT2D eigenvalue weighted by atomic mass is 35.5. The quantitative estimate of drug-likeness (QED) is 0.835. The van der Waals surface area contributed by atoms with Crippen molar-refractivity contribution in [1.29, 1.82) is 0 Å². The maximum absolute atomic E-state index is 11.5. The first-order valence-corrected chi connectivity index (χ1v) is 8.19. The smallest absolute Gasteiger partial charge is 0.310 e. The third kappa shape index (κ3) is 3.55. The summed E-state index contributed by atoms with van der Waals surface area (Å²) < 4.78 is 0. The molecule has 20 heavy (non-hydrogen) atoms. The van der Waals surface area contributed by atoms with Gasteiger partial charge in [0.25, 0.3) is 0 Å². The third-order valence-corrected chi connectivity index (χ3v) is 5.01. The molecule has 1 aromatic rings. The van der Waals surface area contributed by atoms with Gasteiger partial charge in [0.05, 0.1) is 10.9 Å². The molecule has 0 bridgehead atoms. The second-order valence-corrected chi connectivity index (χ2v) is 6.42. The molecule has 0 amide bonds. The summed E-state index contributed by atoms with van der Waals surface area (Å²) >= 11 is 7.68. The standard InChI is InChI=1S/C15H17ClO3S/c1-20-14-5-3-10(8-13(14)16)12(15(18)19)7-9-2-4-11(17)6-9/h3,5,8-9,12H,2,4,6-7H2,1H3,(H,18,19). The Morgan fingerprint density at radius 2 is 2.30 bits per heavy atom. The largest absolute Gasteiger partial charge is 0.481 e. The zero-order valence-corrected chi connectivity index (χ0v) is 12.8. The molecular weight excluding hydrogens is 296 g/mol. The van der Waals surface area contributed by atoms with Gasteiger partial charge in [0.15, 0.2) is 0 Å². The molecule has 1 aliphatic rings. The number of carbonyl (C=O) groups excluding carboxylic acids is 1. The van der Waals surface area contributed by atoms with E-state index in [0.29, 0.717) is 24.3 Å². The lowest BCUT2D eigenvalue weighted by atomic mass is 9.88. The van der Waals surface area contributed by atoms with Crippen molar-refractivity contribution >= 4 is 35.1 Å². The first kappa shape index (κ1) is 15.4. The molecule has 1 fully saturated rings. The molecule has 1 saturated carbocycles. The van der Waals surface area contributed by atoms with Gasteiger partial charge in [0, 0.05) is 17.7 Å². The van der Waals surface area contributed by atoms with Crippen molar-refractivity contribution in [3.05, 3.63) is 28.8 Å². The van der Waals surface area contributed by atoms with Gasteiger partial charge in [-0.25, -0.2) is 0 Å². The maximum Gasteiger partial charge on any atom is 0.310 e. The highest BCUT2D eigenvalue weighted by Gasteiger charge is 2.29. The SMILES string of the molecule is CSc1ccc(C(CC2CCC(=O)C2)C(=O)O)cc1Cl. The van der Waals surface area contributed by atoms with Gasteiger partial charge < -0.3 is 5.11 Å². The minimum Gasteiger partial charge on any atom is -0.481 e. The van der Waals surface area contributed by atoms with Crippen molar-refractivity contribution in [3.8, 4) is 0 Å². The zero-order chi connectivity index (χ0) is 14.7. The van der Waals surface area contributed by atoms with Gasteiger partial charge in [0.2, 0.25) is 0 Å². The van der Waals surface area contributed by atoms with E-state index < -0.39 is 11.9 Å². The number of thioether (sulfide) groups is 1. The highest BCUT2D eigenvalue weighted by molar-refractivity contribution is 7.98. The monoisotopic (exact) mass is 312 g/mol. The van der Waals surface area contributed by atoms with Crippen LogP contribution in [0.25, 0.3) is 0 Å². The Morgan fingerprint density at radius 3 is 2.80 bits per heavy atom. The van der Waals surface area contributed by atoms with Crippen molar-refractivity contribution < 1.29 is 14.7 Å². The van der Waals surface area contributed by atoms with E-state index in [2.05, 4.69) is 0 Å². The summed E-state index contributed by atoms with van der Waals surface area (Å²) in [5.41, 5.74) is 0.722. The average Bonchev–Trinajstić information content (AvgIpc) is 2.81. The lowest BCUT2D eigenvalue weighted by Crippen LogP contribution is -2.15. The minimum absolute atomic E-state index is 0.183. The van der Waals surface area contributed by atoms with Crippen LogP contribution < -0.4 is 0 Å². The molecule has 2 rings (SSSR count). The van der Waals surface area contributed by atoms with Gasteiger partial charge >= 0.3 is 5.97 Å². The van der Waals surface area contributed by atoms with Crippen LogP contribution in [-0.4, -0.2) is 23.1 Å². The molecule has 0 aromatic heterocycles. The molecule has 5 heteroatoms. The number of rotatable bonds is 5. The van der Waals surface area contributed by atoms with E-state index in [-0.39, 0.29) is 11.7 Å². The number of hydrogen-bond acceptors (Lipinski definition) is 3. The summed E-state index contributed by atoms with van der Waals surface area (Å²) in [6.45, 7) is 0. The number of carboxylic acid groups (broad SMARTS) is 1. The third-order valence-electron chi connectivity index (χ3n) is 3.79. The van der Waals surface area contributed by atoms with Crippen LogP contribution in [0.15, 0.2) is 23.1 Å². The van der Waals surface area contributed by atoms with Crippen LogP contribution in [0.4, 0.5) is 0 Å². The van der Waals surface area contributed by atoms with Crippen LogP contribution in [0, 0.1) is 5.92 Å². The van der Waals surface area contributed by atoms with E-state index in [1.165, 1.54) is 11.8 Å². The predicted molar refractivity (Wildman–Crippen MR) is 80.6 cm³/mol. The predicted octanol–water partition coefficient (Wildman–Crippen LogP) is 3.99. The molecular formula is C15H17ClO3S. The Kier molecular flexibility index (Phi) is 5.11. The molecule has 0 heterocycles. The summed E-state index contributed by atoms with van der Waals surface area (Å²) in [7, 11) is 0. The van der Waals surface area contributed by atoms with Crippen molar-refractivity contribution in [3.63, 3.8) is 0 Å². The fraction of sp³-hybridized carbons (Fsp3) is 0.467. The Morgan fingerprint density at radius 1 is 1.55 bits per heavy atom. The molecule has 108 valence electrons. The van der Waals surface area contributed by atoms with Crippen molar-refractivity contribution in [1.82, 2.24) is 0 Å². The molecule has 0 aliphatic heterocycles. The highest BCUT2D eigenvalue weighted by Crippen LogP contribution is 2.35. The van der Waals surface area contributed by atoms with Gasteiger partial charge in [-0.05, 0) is 42.7 Å². The molecule has 1 N–H and O–H groups in total. The van der Waals surface area contributed by atoms with E-state index in [4.69, 9.17) is 11.6 Å². The molecule has 3 nitrogen and oxygen atoms in total. The first-order valence-electron chi connectivity index (χ1n) is 6.59. The van der Waals surface area contributed by atoms with Crippen molar-refractivity contribution in [2.24, 2.45) is 5.92 Å². The number of halogens is 1. The van der Waals surface area contributed by atoms with Crippen LogP contribution in [0.5, 0.6) is 0 Å². The van der Waals surface area contributed by atoms with Crippen LogP contribution in [0.3, 0.4) is 0 Å². The molecule has 1 aliphatic carbocycles. The van der Waals surface area contributed by atoms with Crippen LogP contribution in [-0.2, 0) is 9.59 Å². The van der Waals surface area contributed by atoms with Crippen molar-refractivity contribution in [2.75, 3.05) is 6.26 Å². The number of carboxylic acids is 1.